The summed E-state index contributed by atoms with van der Waals surface area (Å²) in [5.41, 5.74) is 2.60. The number of hydrogen-bond donors (Lipinski definition) is 0. The summed E-state index contributed by atoms with van der Waals surface area (Å²) < 4.78 is 2.13. The number of rotatable bonds is 5. The zero-order valence-corrected chi connectivity index (χ0v) is 10.2. The standard InChI is InChI=1S/C11H18ClN3/c1-14(2)5-6-15-11(9-3-4-9)10(7-12)8-13-15/h8-9H,3-7H2,1-2H3. The normalized spacial score (nSPS) is 16.3. The fourth-order valence-electron chi connectivity index (χ4n) is 1.84. The summed E-state index contributed by atoms with van der Waals surface area (Å²) in [7, 11) is 4.17. The van der Waals surface area contributed by atoms with E-state index in [9.17, 15) is 0 Å². The van der Waals surface area contributed by atoms with Crippen molar-refractivity contribution in [1.82, 2.24) is 14.7 Å². The Morgan fingerprint density at radius 1 is 1.53 bits per heavy atom. The average molecular weight is 228 g/mol. The maximum atomic E-state index is 5.92. The summed E-state index contributed by atoms with van der Waals surface area (Å²) in [4.78, 5) is 2.18. The molecule has 3 nitrogen and oxygen atoms in total. The Bertz CT molecular complexity index is 329. The van der Waals surface area contributed by atoms with E-state index in [2.05, 4.69) is 28.8 Å². The second kappa shape index (κ2) is 4.54. The molecule has 15 heavy (non-hydrogen) atoms. The van der Waals surface area contributed by atoms with Crippen molar-refractivity contribution in [3.05, 3.63) is 17.5 Å². The van der Waals surface area contributed by atoms with Crippen LogP contribution in [0.25, 0.3) is 0 Å². The number of alkyl halides is 1. The van der Waals surface area contributed by atoms with Gasteiger partial charge in [-0.05, 0) is 26.9 Å². The SMILES string of the molecule is CN(C)CCn1ncc(CCl)c1C1CC1. The lowest BCUT2D eigenvalue weighted by Crippen LogP contribution is -2.20. The number of nitrogens with zero attached hydrogens (tertiary/aromatic N) is 3. The van der Waals surface area contributed by atoms with Gasteiger partial charge in [-0.25, -0.2) is 0 Å². The lowest BCUT2D eigenvalue weighted by Gasteiger charge is -2.12. The molecule has 0 unspecified atom stereocenters. The van der Waals surface area contributed by atoms with Crippen LogP contribution in [0.3, 0.4) is 0 Å². The lowest BCUT2D eigenvalue weighted by atomic mass is 10.2. The van der Waals surface area contributed by atoms with E-state index >= 15 is 0 Å². The van der Waals surface area contributed by atoms with Crippen LogP contribution in [0.1, 0.15) is 30.0 Å². The molecule has 1 aromatic heterocycles. The van der Waals surface area contributed by atoms with Gasteiger partial charge in [-0.1, -0.05) is 0 Å². The number of halogens is 1. The van der Waals surface area contributed by atoms with Gasteiger partial charge in [0, 0.05) is 23.7 Å². The van der Waals surface area contributed by atoms with Gasteiger partial charge >= 0.3 is 0 Å². The third-order valence-electron chi connectivity index (χ3n) is 2.83. The maximum Gasteiger partial charge on any atom is 0.0539 e. The van der Waals surface area contributed by atoms with E-state index in [4.69, 9.17) is 11.6 Å². The van der Waals surface area contributed by atoms with E-state index in [1.165, 1.54) is 24.1 Å². The number of likely N-dealkylation sites (N-methyl/N-ethyl adjacent to an activating group) is 1. The summed E-state index contributed by atoms with van der Waals surface area (Å²) in [6, 6.07) is 0. The van der Waals surface area contributed by atoms with E-state index in [0.29, 0.717) is 5.88 Å². The van der Waals surface area contributed by atoms with Gasteiger partial charge in [0.05, 0.1) is 18.6 Å². The molecule has 1 aliphatic carbocycles. The van der Waals surface area contributed by atoms with E-state index in [-0.39, 0.29) is 0 Å². The van der Waals surface area contributed by atoms with Crippen molar-refractivity contribution in [2.45, 2.75) is 31.2 Å². The molecule has 0 saturated heterocycles. The highest BCUT2D eigenvalue weighted by Crippen LogP contribution is 2.41. The third kappa shape index (κ3) is 2.52. The fourth-order valence-corrected chi connectivity index (χ4v) is 2.04. The molecule has 0 N–H and O–H groups in total. The van der Waals surface area contributed by atoms with Gasteiger partial charge in [0.2, 0.25) is 0 Å². The topological polar surface area (TPSA) is 21.1 Å². The molecular formula is C11H18ClN3. The largest absolute Gasteiger partial charge is 0.308 e. The van der Waals surface area contributed by atoms with Crippen molar-refractivity contribution in [1.29, 1.82) is 0 Å². The van der Waals surface area contributed by atoms with E-state index in [1.807, 2.05) is 6.20 Å². The first kappa shape index (κ1) is 11.0. The van der Waals surface area contributed by atoms with Crippen molar-refractivity contribution < 1.29 is 0 Å². The highest BCUT2D eigenvalue weighted by Gasteiger charge is 2.29. The predicted octanol–water partition coefficient (Wildman–Crippen LogP) is 2.06. The Kier molecular flexibility index (Phi) is 3.32. The monoisotopic (exact) mass is 227 g/mol. The molecule has 1 aliphatic rings. The Balaban J connectivity index is 2.11. The van der Waals surface area contributed by atoms with Crippen molar-refractivity contribution in [3.63, 3.8) is 0 Å². The first-order valence-electron chi connectivity index (χ1n) is 5.47. The highest BCUT2D eigenvalue weighted by atomic mass is 35.5. The van der Waals surface area contributed by atoms with Crippen molar-refractivity contribution in [2.75, 3.05) is 20.6 Å². The molecule has 2 rings (SSSR count). The van der Waals surface area contributed by atoms with E-state index in [0.717, 1.165) is 19.0 Å². The van der Waals surface area contributed by atoms with Crippen LogP contribution in [0, 0.1) is 0 Å². The minimum absolute atomic E-state index is 0.591. The van der Waals surface area contributed by atoms with Crippen molar-refractivity contribution >= 4 is 11.6 Å². The van der Waals surface area contributed by atoms with Crippen molar-refractivity contribution in [3.8, 4) is 0 Å². The molecule has 1 saturated carbocycles. The summed E-state index contributed by atoms with van der Waals surface area (Å²) >= 11 is 5.92. The Labute approximate surface area is 96.0 Å². The minimum atomic E-state index is 0.591. The van der Waals surface area contributed by atoms with E-state index < -0.39 is 0 Å². The Morgan fingerprint density at radius 3 is 2.80 bits per heavy atom. The summed E-state index contributed by atoms with van der Waals surface area (Å²) in [6.07, 6.45) is 4.53. The summed E-state index contributed by atoms with van der Waals surface area (Å²) in [6.45, 7) is 2.00. The van der Waals surface area contributed by atoms with Gasteiger partial charge < -0.3 is 4.90 Å². The van der Waals surface area contributed by atoms with Crippen LogP contribution < -0.4 is 0 Å². The molecule has 1 fully saturated rings. The van der Waals surface area contributed by atoms with Crippen molar-refractivity contribution in [2.24, 2.45) is 0 Å². The molecule has 0 aromatic carbocycles. The fraction of sp³-hybridized carbons (Fsp3) is 0.727. The Morgan fingerprint density at radius 2 is 2.27 bits per heavy atom. The molecule has 0 bridgehead atoms. The highest BCUT2D eigenvalue weighted by molar-refractivity contribution is 6.17. The zero-order valence-electron chi connectivity index (χ0n) is 9.41. The first-order valence-corrected chi connectivity index (χ1v) is 6.01. The average Bonchev–Trinajstić information content (AvgIpc) is 2.96. The lowest BCUT2D eigenvalue weighted by molar-refractivity contribution is 0.369. The molecule has 0 radical (unpaired) electrons. The van der Waals surface area contributed by atoms with Crippen LogP contribution in [-0.2, 0) is 12.4 Å². The molecule has 0 atom stereocenters. The molecule has 0 spiro atoms. The summed E-state index contributed by atoms with van der Waals surface area (Å²) in [5.74, 6) is 1.32. The zero-order chi connectivity index (χ0) is 10.8. The molecule has 84 valence electrons. The van der Waals surface area contributed by atoms with Gasteiger partial charge in [0.15, 0.2) is 0 Å². The van der Waals surface area contributed by atoms with Gasteiger partial charge in [-0.15, -0.1) is 11.6 Å². The van der Waals surface area contributed by atoms with Crippen LogP contribution in [-0.4, -0.2) is 35.3 Å². The second-order valence-electron chi connectivity index (χ2n) is 4.49. The Hall–Kier alpha value is -0.540. The third-order valence-corrected chi connectivity index (χ3v) is 3.12. The van der Waals surface area contributed by atoms with E-state index in [1.54, 1.807) is 0 Å². The first-order chi connectivity index (χ1) is 7.22. The van der Waals surface area contributed by atoms with Gasteiger partial charge in [0.1, 0.15) is 0 Å². The molecule has 0 aliphatic heterocycles. The van der Waals surface area contributed by atoms with Gasteiger partial charge in [0.25, 0.3) is 0 Å². The van der Waals surface area contributed by atoms with Crippen LogP contribution in [0.2, 0.25) is 0 Å². The molecule has 4 heteroatoms. The number of hydrogen-bond acceptors (Lipinski definition) is 2. The van der Waals surface area contributed by atoms with Crippen LogP contribution in [0.15, 0.2) is 6.20 Å². The molecule has 0 amide bonds. The van der Waals surface area contributed by atoms with Crippen LogP contribution >= 0.6 is 11.6 Å². The quantitative estimate of drug-likeness (QED) is 0.718. The predicted molar refractivity (Wildman–Crippen MR) is 62.3 cm³/mol. The maximum absolute atomic E-state index is 5.92. The second-order valence-corrected chi connectivity index (χ2v) is 4.76. The smallest absolute Gasteiger partial charge is 0.0539 e. The molecular weight excluding hydrogens is 210 g/mol. The van der Waals surface area contributed by atoms with Gasteiger partial charge in [-0.3, -0.25) is 4.68 Å². The molecule has 1 aromatic rings. The van der Waals surface area contributed by atoms with Crippen LogP contribution in [0.4, 0.5) is 0 Å². The number of aromatic nitrogens is 2. The van der Waals surface area contributed by atoms with Gasteiger partial charge in [-0.2, -0.15) is 5.10 Å². The van der Waals surface area contributed by atoms with Crippen LogP contribution in [0.5, 0.6) is 0 Å². The minimum Gasteiger partial charge on any atom is -0.308 e. The summed E-state index contributed by atoms with van der Waals surface area (Å²) in [5, 5.41) is 4.43. The molecule has 1 heterocycles.